The first kappa shape index (κ1) is 13.2. The van der Waals surface area contributed by atoms with Gasteiger partial charge in [-0.15, -0.1) is 0 Å². The molecule has 1 aromatic rings. The number of rotatable bonds is 6. The third-order valence-corrected chi connectivity index (χ3v) is 2.98. The SMILES string of the molecule is CSCCCNc1ncc(Br)cc1[N+](=O)[O-]. The molecule has 16 heavy (non-hydrogen) atoms. The van der Waals surface area contributed by atoms with Gasteiger partial charge < -0.3 is 5.32 Å². The molecule has 0 unspecified atom stereocenters. The molecule has 0 atom stereocenters. The molecular weight excluding hydrogens is 294 g/mol. The number of pyridine rings is 1. The van der Waals surface area contributed by atoms with Crippen LogP contribution >= 0.6 is 27.7 Å². The number of halogens is 1. The maximum Gasteiger partial charge on any atom is 0.312 e. The average Bonchev–Trinajstić information content (AvgIpc) is 2.26. The molecule has 1 aromatic heterocycles. The van der Waals surface area contributed by atoms with Crippen molar-refractivity contribution in [2.45, 2.75) is 6.42 Å². The molecule has 0 bridgehead atoms. The summed E-state index contributed by atoms with van der Waals surface area (Å²) in [6, 6.07) is 1.45. The highest BCUT2D eigenvalue weighted by molar-refractivity contribution is 9.10. The number of nitro groups is 1. The van der Waals surface area contributed by atoms with E-state index in [2.05, 4.69) is 26.2 Å². The lowest BCUT2D eigenvalue weighted by Crippen LogP contribution is -2.06. The monoisotopic (exact) mass is 305 g/mol. The Hall–Kier alpha value is -0.820. The van der Waals surface area contributed by atoms with Crippen molar-refractivity contribution >= 4 is 39.2 Å². The molecule has 88 valence electrons. The largest absolute Gasteiger partial charge is 0.364 e. The summed E-state index contributed by atoms with van der Waals surface area (Å²) < 4.78 is 0.605. The lowest BCUT2D eigenvalue weighted by atomic mass is 10.4. The van der Waals surface area contributed by atoms with Crippen molar-refractivity contribution in [2.75, 3.05) is 23.9 Å². The van der Waals surface area contributed by atoms with E-state index in [0.29, 0.717) is 16.8 Å². The Labute approximate surface area is 106 Å². The predicted molar refractivity (Wildman–Crippen MR) is 70.1 cm³/mol. The molecule has 0 aliphatic heterocycles. The quantitative estimate of drug-likeness (QED) is 0.497. The molecule has 0 fully saturated rings. The minimum atomic E-state index is -0.436. The molecule has 5 nitrogen and oxygen atoms in total. The van der Waals surface area contributed by atoms with E-state index < -0.39 is 4.92 Å². The maximum absolute atomic E-state index is 10.8. The maximum atomic E-state index is 10.8. The lowest BCUT2D eigenvalue weighted by Gasteiger charge is -2.05. The summed E-state index contributed by atoms with van der Waals surface area (Å²) in [5.74, 6) is 1.35. The molecule has 7 heteroatoms. The van der Waals surface area contributed by atoms with Crippen LogP contribution < -0.4 is 5.32 Å². The van der Waals surface area contributed by atoms with Crippen LogP contribution in [0, 0.1) is 10.1 Å². The van der Waals surface area contributed by atoms with Crippen LogP contribution in [-0.2, 0) is 0 Å². The van der Waals surface area contributed by atoms with Gasteiger partial charge in [0.15, 0.2) is 0 Å². The van der Waals surface area contributed by atoms with Gasteiger partial charge in [0.2, 0.25) is 5.82 Å². The number of anilines is 1. The second-order valence-electron chi connectivity index (χ2n) is 3.05. The minimum absolute atomic E-state index is 0.00136. The van der Waals surface area contributed by atoms with Crippen LogP contribution in [0.3, 0.4) is 0 Å². The van der Waals surface area contributed by atoms with Crippen molar-refractivity contribution in [3.63, 3.8) is 0 Å². The van der Waals surface area contributed by atoms with Gasteiger partial charge >= 0.3 is 5.69 Å². The van der Waals surface area contributed by atoms with Crippen molar-refractivity contribution < 1.29 is 4.92 Å². The fraction of sp³-hybridized carbons (Fsp3) is 0.444. The van der Waals surface area contributed by atoms with Gasteiger partial charge in [-0.25, -0.2) is 4.98 Å². The highest BCUT2D eigenvalue weighted by Gasteiger charge is 2.14. The summed E-state index contributed by atoms with van der Waals surface area (Å²) in [6.07, 6.45) is 4.53. The van der Waals surface area contributed by atoms with Crippen molar-refractivity contribution in [3.8, 4) is 0 Å². The Morgan fingerprint density at radius 2 is 2.44 bits per heavy atom. The number of hydrogen-bond donors (Lipinski definition) is 1. The van der Waals surface area contributed by atoms with E-state index in [1.165, 1.54) is 6.07 Å². The summed E-state index contributed by atoms with van der Waals surface area (Å²) in [5, 5.41) is 13.7. The van der Waals surface area contributed by atoms with E-state index in [1.54, 1.807) is 18.0 Å². The molecule has 1 N–H and O–H groups in total. The number of nitrogens with one attached hydrogen (secondary N) is 1. The van der Waals surface area contributed by atoms with Crippen LogP contribution in [0.4, 0.5) is 11.5 Å². The van der Waals surface area contributed by atoms with Crippen LogP contribution in [0.25, 0.3) is 0 Å². The Kier molecular flexibility index (Phi) is 5.54. The zero-order valence-electron chi connectivity index (χ0n) is 8.77. The van der Waals surface area contributed by atoms with Crippen LogP contribution in [-0.4, -0.2) is 28.5 Å². The molecule has 0 aliphatic carbocycles. The van der Waals surface area contributed by atoms with Crippen LogP contribution in [0.15, 0.2) is 16.7 Å². The topological polar surface area (TPSA) is 68.1 Å². The lowest BCUT2D eigenvalue weighted by molar-refractivity contribution is -0.384. The van der Waals surface area contributed by atoms with Crippen molar-refractivity contribution in [1.29, 1.82) is 0 Å². The van der Waals surface area contributed by atoms with Crippen LogP contribution in [0.5, 0.6) is 0 Å². The molecule has 1 rings (SSSR count). The van der Waals surface area contributed by atoms with Crippen molar-refractivity contribution in [2.24, 2.45) is 0 Å². The molecule has 0 amide bonds. The minimum Gasteiger partial charge on any atom is -0.364 e. The second kappa shape index (κ2) is 6.70. The van der Waals surface area contributed by atoms with E-state index in [4.69, 9.17) is 0 Å². The first-order valence-electron chi connectivity index (χ1n) is 4.68. The summed E-state index contributed by atoms with van der Waals surface area (Å²) in [4.78, 5) is 14.3. The zero-order chi connectivity index (χ0) is 12.0. The van der Waals surface area contributed by atoms with E-state index >= 15 is 0 Å². The van der Waals surface area contributed by atoms with E-state index in [0.717, 1.165) is 12.2 Å². The summed E-state index contributed by atoms with van der Waals surface area (Å²) in [7, 11) is 0. The molecule has 1 heterocycles. The van der Waals surface area contributed by atoms with Crippen LogP contribution in [0.1, 0.15) is 6.42 Å². The van der Waals surface area contributed by atoms with E-state index in [-0.39, 0.29) is 5.69 Å². The number of aromatic nitrogens is 1. The van der Waals surface area contributed by atoms with Crippen molar-refractivity contribution in [3.05, 3.63) is 26.9 Å². The third kappa shape index (κ3) is 3.97. The van der Waals surface area contributed by atoms with Gasteiger partial charge in [-0.2, -0.15) is 11.8 Å². The Morgan fingerprint density at radius 1 is 1.69 bits per heavy atom. The van der Waals surface area contributed by atoms with E-state index in [1.807, 2.05) is 6.26 Å². The standard InChI is InChI=1S/C9H12BrN3O2S/c1-16-4-2-3-11-9-8(13(14)15)5-7(10)6-12-9/h5-6H,2-4H2,1H3,(H,11,12). The number of nitrogens with zero attached hydrogens (tertiary/aromatic N) is 2. The molecule has 0 radical (unpaired) electrons. The fourth-order valence-corrected chi connectivity index (χ4v) is 1.88. The first-order valence-corrected chi connectivity index (χ1v) is 6.86. The molecule has 0 saturated heterocycles. The Balaban J connectivity index is 2.67. The van der Waals surface area contributed by atoms with Gasteiger partial charge in [0, 0.05) is 23.3 Å². The molecule has 0 spiro atoms. The highest BCUT2D eigenvalue weighted by atomic mass is 79.9. The van der Waals surface area contributed by atoms with Gasteiger partial charge in [0.1, 0.15) is 0 Å². The third-order valence-electron chi connectivity index (χ3n) is 1.85. The summed E-state index contributed by atoms with van der Waals surface area (Å²) in [5.41, 5.74) is -0.00136. The predicted octanol–water partition coefficient (Wildman–Crippen LogP) is 2.92. The second-order valence-corrected chi connectivity index (χ2v) is 4.95. The van der Waals surface area contributed by atoms with Gasteiger partial charge in [0.25, 0.3) is 0 Å². The Morgan fingerprint density at radius 3 is 3.06 bits per heavy atom. The van der Waals surface area contributed by atoms with Gasteiger partial charge in [-0.3, -0.25) is 10.1 Å². The van der Waals surface area contributed by atoms with Gasteiger partial charge in [-0.1, -0.05) is 0 Å². The number of thioether (sulfide) groups is 1. The Bertz CT molecular complexity index is 376. The molecular formula is C9H12BrN3O2S. The zero-order valence-corrected chi connectivity index (χ0v) is 11.2. The normalized spacial score (nSPS) is 10.1. The van der Waals surface area contributed by atoms with Gasteiger partial charge in [0.05, 0.1) is 4.92 Å². The molecule has 0 aromatic carbocycles. The fourth-order valence-electron chi connectivity index (χ4n) is 1.13. The molecule has 0 aliphatic rings. The summed E-state index contributed by atoms with van der Waals surface area (Å²) in [6.45, 7) is 0.691. The van der Waals surface area contributed by atoms with Crippen LogP contribution in [0.2, 0.25) is 0 Å². The number of hydrogen-bond acceptors (Lipinski definition) is 5. The van der Waals surface area contributed by atoms with E-state index in [9.17, 15) is 10.1 Å². The molecule has 0 saturated carbocycles. The smallest absolute Gasteiger partial charge is 0.312 e. The highest BCUT2D eigenvalue weighted by Crippen LogP contribution is 2.25. The summed E-state index contributed by atoms with van der Waals surface area (Å²) >= 11 is 4.91. The first-order chi connectivity index (χ1) is 7.65. The van der Waals surface area contributed by atoms with Gasteiger partial charge in [-0.05, 0) is 34.4 Å². The average molecular weight is 306 g/mol. The van der Waals surface area contributed by atoms with Crippen molar-refractivity contribution in [1.82, 2.24) is 4.98 Å².